The molecule has 1 heteroatoms. The zero-order valence-electron chi connectivity index (χ0n) is 9.81. The lowest BCUT2D eigenvalue weighted by atomic mass is 10.2. The summed E-state index contributed by atoms with van der Waals surface area (Å²) in [6.07, 6.45) is 8.08. The topological polar surface area (TPSA) is 20.2 Å². The molecule has 0 radical (unpaired) electrons. The predicted molar refractivity (Wildman–Crippen MR) is 65.2 cm³/mol. The van der Waals surface area contributed by atoms with E-state index in [0.717, 1.165) is 38.5 Å². The van der Waals surface area contributed by atoms with E-state index in [-0.39, 0.29) is 6.61 Å². The van der Waals surface area contributed by atoms with E-state index in [4.69, 9.17) is 5.11 Å². The van der Waals surface area contributed by atoms with Crippen LogP contribution in [0, 0.1) is 23.7 Å². The fraction of sp³-hybridized carbons (Fsp3) is 0.714. The molecular weight excluding hydrogens is 184 g/mol. The molecule has 0 saturated carbocycles. The van der Waals surface area contributed by atoms with E-state index in [9.17, 15) is 0 Å². The van der Waals surface area contributed by atoms with Gasteiger partial charge in [0.05, 0.1) is 0 Å². The molecule has 1 N–H and O–H groups in total. The van der Waals surface area contributed by atoms with Gasteiger partial charge in [0.1, 0.15) is 0 Å². The largest absolute Gasteiger partial charge is 0.396 e. The van der Waals surface area contributed by atoms with Gasteiger partial charge >= 0.3 is 0 Å². The van der Waals surface area contributed by atoms with Gasteiger partial charge in [0.15, 0.2) is 0 Å². The minimum Gasteiger partial charge on any atom is -0.396 e. The summed E-state index contributed by atoms with van der Waals surface area (Å²) in [5.74, 6) is 12.5. The summed E-state index contributed by atoms with van der Waals surface area (Å²) >= 11 is 0. The van der Waals surface area contributed by atoms with E-state index in [0.29, 0.717) is 0 Å². The molecule has 0 atom stereocenters. The molecule has 0 aromatic heterocycles. The summed E-state index contributed by atoms with van der Waals surface area (Å²) in [6.45, 7) is 2.43. The Hall–Kier alpha value is -0.920. The molecule has 15 heavy (non-hydrogen) atoms. The van der Waals surface area contributed by atoms with Gasteiger partial charge in [-0.1, -0.05) is 13.3 Å². The van der Waals surface area contributed by atoms with Crippen LogP contribution in [0.25, 0.3) is 0 Å². The first-order valence-electron chi connectivity index (χ1n) is 5.94. The molecule has 84 valence electrons. The maximum Gasteiger partial charge on any atom is 0.0440 e. The van der Waals surface area contributed by atoms with Crippen molar-refractivity contribution in [3.63, 3.8) is 0 Å². The first-order chi connectivity index (χ1) is 7.41. The van der Waals surface area contributed by atoms with Gasteiger partial charge in [-0.15, -0.1) is 23.7 Å². The predicted octanol–water partition coefficient (Wildman–Crippen LogP) is 3.13. The first kappa shape index (κ1) is 14.1. The Morgan fingerprint density at radius 2 is 1.20 bits per heavy atom. The van der Waals surface area contributed by atoms with Crippen LogP contribution >= 0.6 is 0 Å². The van der Waals surface area contributed by atoms with Crippen LogP contribution in [0.2, 0.25) is 0 Å². The van der Waals surface area contributed by atoms with Crippen molar-refractivity contribution >= 4 is 0 Å². The van der Waals surface area contributed by atoms with Crippen molar-refractivity contribution in [3.8, 4) is 23.7 Å². The van der Waals surface area contributed by atoms with Crippen LogP contribution in [0.3, 0.4) is 0 Å². The average molecular weight is 206 g/mol. The number of aliphatic hydroxyl groups excluding tert-OH is 1. The molecule has 0 aromatic rings. The van der Waals surface area contributed by atoms with Gasteiger partial charge in [0, 0.05) is 32.3 Å². The Morgan fingerprint density at radius 3 is 1.67 bits per heavy atom. The molecule has 0 aliphatic rings. The van der Waals surface area contributed by atoms with Crippen LogP contribution < -0.4 is 0 Å². The molecular formula is C14H22O. The molecule has 0 saturated heterocycles. The van der Waals surface area contributed by atoms with Crippen LogP contribution in [0.5, 0.6) is 0 Å². The summed E-state index contributed by atoms with van der Waals surface area (Å²) in [4.78, 5) is 0. The highest BCUT2D eigenvalue weighted by Gasteiger charge is 1.81. The Kier molecular flexibility index (Phi) is 12.3. The van der Waals surface area contributed by atoms with Crippen molar-refractivity contribution in [2.24, 2.45) is 0 Å². The first-order valence-corrected chi connectivity index (χ1v) is 5.94. The number of aliphatic hydroxyl groups is 1. The van der Waals surface area contributed by atoms with Crippen molar-refractivity contribution in [2.75, 3.05) is 6.61 Å². The lowest BCUT2D eigenvalue weighted by Gasteiger charge is -1.87. The van der Waals surface area contributed by atoms with Crippen molar-refractivity contribution in [3.05, 3.63) is 0 Å². The SMILES string of the molecule is CCCCC#CCCCC#CCCCO. The smallest absolute Gasteiger partial charge is 0.0440 e. The molecule has 0 heterocycles. The molecule has 0 amide bonds. The summed E-state index contributed by atoms with van der Waals surface area (Å²) in [6, 6.07) is 0. The number of hydrogen-bond acceptors (Lipinski definition) is 1. The maximum atomic E-state index is 8.52. The fourth-order valence-electron chi connectivity index (χ4n) is 1.05. The standard InChI is InChI=1S/C14H22O/c1-2-3-4-5-6-7-8-9-10-11-12-13-14-15/h15H,2-4,7-9,12-14H2,1H3. The zero-order chi connectivity index (χ0) is 11.2. The zero-order valence-corrected chi connectivity index (χ0v) is 9.81. The van der Waals surface area contributed by atoms with Gasteiger partial charge < -0.3 is 5.11 Å². The molecule has 0 unspecified atom stereocenters. The summed E-state index contributed by atoms with van der Waals surface area (Å²) in [5, 5.41) is 8.52. The third-order valence-electron chi connectivity index (χ3n) is 1.97. The van der Waals surface area contributed by atoms with E-state index in [1.165, 1.54) is 12.8 Å². The van der Waals surface area contributed by atoms with Crippen LogP contribution in [0.1, 0.15) is 58.3 Å². The minimum atomic E-state index is 0.248. The number of hydrogen-bond donors (Lipinski definition) is 1. The number of unbranched alkanes of at least 4 members (excludes halogenated alkanes) is 5. The van der Waals surface area contributed by atoms with E-state index < -0.39 is 0 Å². The molecule has 0 aliphatic heterocycles. The van der Waals surface area contributed by atoms with E-state index in [1.54, 1.807) is 0 Å². The quantitative estimate of drug-likeness (QED) is 0.523. The monoisotopic (exact) mass is 206 g/mol. The second-order valence-corrected chi connectivity index (χ2v) is 3.49. The Balaban J connectivity index is 3.21. The van der Waals surface area contributed by atoms with E-state index in [1.807, 2.05) is 0 Å². The molecule has 0 spiro atoms. The lowest BCUT2D eigenvalue weighted by Crippen LogP contribution is -1.78. The van der Waals surface area contributed by atoms with Crippen LogP contribution in [-0.4, -0.2) is 11.7 Å². The van der Waals surface area contributed by atoms with Gasteiger partial charge in [-0.25, -0.2) is 0 Å². The Morgan fingerprint density at radius 1 is 0.733 bits per heavy atom. The highest BCUT2D eigenvalue weighted by atomic mass is 16.2. The van der Waals surface area contributed by atoms with Gasteiger partial charge in [0.2, 0.25) is 0 Å². The Bertz CT molecular complexity index is 208. The van der Waals surface area contributed by atoms with Gasteiger partial charge in [-0.05, 0) is 19.3 Å². The lowest BCUT2D eigenvalue weighted by molar-refractivity contribution is 0.290. The Labute approximate surface area is 94.3 Å². The molecule has 1 nitrogen and oxygen atoms in total. The fourth-order valence-corrected chi connectivity index (χ4v) is 1.05. The molecule has 0 fully saturated rings. The highest BCUT2D eigenvalue weighted by molar-refractivity contribution is 5.02. The normalized spacial score (nSPS) is 8.67. The second-order valence-electron chi connectivity index (χ2n) is 3.49. The second kappa shape index (κ2) is 13.1. The van der Waals surface area contributed by atoms with E-state index in [2.05, 4.69) is 30.6 Å². The van der Waals surface area contributed by atoms with Crippen LogP contribution in [-0.2, 0) is 0 Å². The molecule has 0 rings (SSSR count). The van der Waals surface area contributed by atoms with Crippen molar-refractivity contribution in [1.29, 1.82) is 0 Å². The maximum absolute atomic E-state index is 8.52. The molecule has 0 aliphatic carbocycles. The highest BCUT2D eigenvalue weighted by Crippen LogP contribution is 1.95. The number of rotatable bonds is 6. The summed E-state index contributed by atoms with van der Waals surface area (Å²) < 4.78 is 0. The van der Waals surface area contributed by atoms with Crippen molar-refractivity contribution in [1.82, 2.24) is 0 Å². The molecule has 0 bridgehead atoms. The summed E-state index contributed by atoms with van der Waals surface area (Å²) in [5.41, 5.74) is 0. The average Bonchev–Trinajstić information content (AvgIpc) is 2.26. The van der Waals surface area contributed by atoms with Crippen LogP contribution in [0.4, 0.5) is 0 Å². The summed E-state index contributed by atoms with van der Waals surface area (Å²) in [7, 11) is 0. The van der Waals surface area contributed by atoms with Crippen LogP contribution in [0.15, 0.2) is 0 Å². The third-order valence-corrected chi connectivity index (χ3v) is 1.97. The van der Waals surface area contributed by atoms with Crippen molar-refractivity contribution < 1.29 is 5.11 Å². The van der Waals surface area contributed by atoms with Gasteiger partial charge in [-0.2, -0.15) is 0 Å². The van der Waals surface area contributed by atoms with Gasteiger partial charge in [0.25, 0.3) is 0 Å². The van der Waals surface area contributed by atoms with E-state index >= 15 is 0 Å². The van der Waals surface area contributed by atoms with Crippen molar-refractivity contribution in [2.45, 2.75) is 58.3 Å². The van der Waals surface area contributed by atoms with Gasteiger partial charge in [-0.3, -0.25) is 0 Å². The third kappa shape index (κ3) is 13.1. The minimum absolute atomic E-state index is 0.248. The molecule has 0 aromatic carbocycles.